The summed E-state index contributed by atoms with van der Waals surface area (Å²) in [6.07, 6.45) is -2.45. The first-order valence-corrected chi connectivity index (χ1v) is 43.2. The number of ether oxygens (including phenoxy) is 3. The van der Waals surface area contributed by atoms with Gasteiger partial charge in [0, 0.05) is 140 Å². The van der Waals surface area contributed by atoms with Crippen molar-refractivity contribution in [3.63, 3.8) is 0 Å². The molecule has 11 N–H and O–H groups in total. The van der Waals surface area contributed by atoms with E-state index in [9.17, 15) is 86.6 Å². The van der Waals surface area contributed by atoms with E-state index in [1.54, 1.807) is 56.9 Å². The van der Waals surface area contributed by atoms with Gasteiger partial charge in [-0.3, -0.25) is 91.4 Å². The molecule has 3 aliphatic rings. The number of carbonyl (C=O) groups excluding carboxylic acids is 15. The Labute approximate surface area is 706 Å². The molecule has 3 saturated heterocycles. The molecule has 0 aliphatic carbocycles. The number of alkyl carbamates (subject to hydrolysis) is 1. The second kappa shape index (κ2) is 50.8. The Hall–Kier alpha value is -9.22. The van der Waals surface area contributed by atoms with E-state index in [1.165, 1.54) is 59.9 Å². The number of aliphatic hydroxyl groups is 1. The highest BCUT2D eigenvalue weighted by Gasteiger charge is 2.44. The molecule has 40 heteroatoms. The van der Waals surface area contributed by atoms with Crippen LogP contribution in [0, 0.1) is 17.8 Å². The molecule has 1 aromatic heterocycles. The average Bonchev–Trinajstić information content (AvgIpc) is 1.80. The summed E-state index contributed by atoms with van der Waals surface area (Å²) in [7, 11) is 6.53. The summed E-state index contributed by atoms with van der Waals surface area (Å²) in [5, 5.41) is 50.5. The monoisotopic (exact) mass is 1730 g/mol. The summed E-state index contributed by atoms with van der Waals surface area (Å²) in [5.41, 5.74) is -0.251. The van der Waals surface area contributed by atoms with Crippen LogP contribution in [0.2, 0.25) is 0 Å². The van der Waals surface area contributed by atoms with Gasteiger partial charge in [-0.2, -0.15) is 0 Å². The third kappa shape index (κ3) is 33.4. The number of thiazole rings is 1. The number of unbranched alkanes of at least 4 members (excludes halogenated alkanes) is 2. The van der Waals surface area contributed by atoms with E-state index < -0.39 is 160 Å². The number of ketones is 1. The van der Waals surface area contributed by atoms with E-state index in [0.29, 0.717) is 29.9 Å². The van der Waals surface area contributed by atoms with Gasteiger partial charge in [-0.1, -0.05) is 53.2 Å². The molecule has 662 valence electrons. The number of Topliss-reactive ketones (excluding diaryl/α,β-unsaturated/α-hetero) is 1. The Kier molecular flexibility index (Phi) is 42.8. The number of aliphatic hydroxyl groups excluding tert-OH is 1. The molecule has 14 amide bonds. The van der Waals surface area contributed by atoms with Crippen LogP contribution in [0.25, 0.3) is 0 Å². The fraction of sp³-hybridized carbons (Fsp3) is 0.671. The van der Waals surface area contributed by atoms with Crippen molar-refractivity contribution in [2.45, 2.75) is 216 Å². The number of aliphatic carboxylic acids is 2. The lowest BCUT2D eigenvalue weighted by atomic mass is 9.92. The maximum absolute atomic E-state index is 14.7. The quantitative estimate of drug-likeness (QED) is 0.0258. The predicted octanol–water partition coefficient (Wildman–Crippen LogP) is 2.76. The van der Waals surface area contributed by atoms with Crippen molar-refractivity contribution in [2.75, 3.05) is 111 Å². The Bertz CT molecular complexity index is 3780. The van der Waals surface area contributed by atoms with Gasteiger partial charge < -0.3 is 81.9 Å². The topological polar surface area (TPSA) is 504 Å². The molecule has 2 aromatic rings. The van der Waals surface area contributed by atoms with Crippen molar-refractivity contribution in [1.82, 2.24) is 66.7 Å². The zero-order chi connectivity index (χ0) is 88.2. The highest BCUT2D eigenvalue weighted by atomic mass is 32.2. The Morgan fingerprint density at radius 3 is 1.89 bits per heavy atom. The van der Waals surface area contributed by atoms with E-state index in [-0.39, 0.29) is 195 Å². The second-order valence-corrected chi connectivity index (χ2v) is 34.3. The smallest absolute Gasteiger partial charge is 0.407 e. The highest BCUT2D eigenvalue weighted by molar-refractivity contribution is 8.17. The number of thioether (sulfide) groups is 2. The molecule has 4 bridgehead atoms. The number of carboxylic acid groups (broad SMARTS) is 2. The molecular formula is C79H120N14O23S3. The lowest BCUT2D eigenvalue weighted by Gasteiger charge is -2.38. The normalized spacial score (nSPS) is 17.2. The second-order valence-electron chi connectivity index (χ2n) is 30.7. The van der Waals surface area contributed by atoms with Crippen molar-refractivity contribution in [2.24, 2.45) is 17.8 Å². The van der Waals surface area contributed by atoms with E-state index in [1.807, 2.05) is 27.7 Å². The van der Waals surface area contributed by atoms with Crippen LogP contribution in [0.1, 0.15) is 185 Å². The maximum atomic E-state index is 14.7. The van der Waals surface area contributed by atoms with Gasteiger partial charge in [0.1, 0.15) is 41.0 Å². The van der Waals surface area contributed by atoms with E-state index in [2.05, 4.69) is 47.5 Å². The van der Waals surface area contributed by atoms with Crippen LogP contribution in [0.5, 0.6) is 0 Å². The number of benzene rings is 1. The molecule has 0 saturated carbocycles. The number of hydrogen-bond acceptors (Lipinski definition) is 26. The van der Waals surface area contributed by atoms with Gasteiger partial charge in [0.2, 0.25) is 70.9 Å². The number of carboxylic acids is 2. The minimum Gasteiger partial charge on any atom is -0.481 e. The lowest BCUT2D eigenvalue weighted by molar-refractivity contribution is -0.142. The molecule has 1 aromatic carbocycles. The van der Waals surface area contributed by atoms with Gasteiger partial charge >= 0.3 is 18.0 Å². The van der Waals surface area contributed by atoms with Crippen LogP contribution in [-0.4, -0.2) is 297 Å². The third-order valence-electron chi connectivity index (χ3n) is 20.9. The number of carbonyl (C=O) groups is 17. The lowest BCUT2D eigenvalue weighted by Crippen LogP contribution is -2.60. The molecule has 4 heterocycles. The number of amides is 14. The van der Waals surface area contributed by atoms with Crippen LogP contribution < -0.4 is 42.5 Å². The summed E-state index contributed by atoms with van der Waals surface area (Å²) in [6, 6.07) is 1.08. The average molecular weight is 1730 g/mol. The molecule has 37 nitrogen and oxygen atoms in total. The van der Waals surface area contributed by atoms with Crippen molar-refractivity contribution in [1.29, 1.82) is 0 Å². The summed E-state index contributed by atoms with van der Waals surface area (Å²) in [5.74, 6) is -11.5. The SMILES string of the molecule is CC[C@H](C)[C@H](NC(=O)C(C)(C)N(C)C)C(=O)N(C)[C@H](C[C@@H](OC(=O)NC)c1nc(C(=O)N[C@@H](Cc2ccc(NC(=O)C(CCCCNC(=O)CCOCCCCC(=O)CC(=O)O)NC(=O)C(CCC(=O)NCCOCCO)NC(=O)CCC(=O)N3CCN4C(=O)CC(SCSC5CC(=O)N(CC3)C5=O)C4=O)cc2)CC(C)C(=O)O)cs1)C(C)C. The zero-order valence-electron chi connectivity index (χ0n) is 69.9. The molecule has 3 aliphatic heterocycles. The number of likely N-dealkylation sites (N-methyl/N-ethyl adjacent to an activating group) is 2. The van der Waals surface area contributed by atoms with Crippen molar-refractivity contribution in [3.05, 3.63) is 45.9 Å². The minimum atomic E-state index is -1.53. The van der Waals surface area contributed by atoms with Gasteiger partial charge in [-0.25, -0.2) is 9.78 Å². The minimum absolute atomic E-state index is 0.00441. The van der Waals surface area contributed by atoms with Crippen LogP contribution in [-0.2, 0) is 92.5 Å². The first-order valence-electron chi connectivity index (χ1n) is 40.2. The first kappa shape index (κ1) is 100. The molecule has 119 heavy (non-hydrogen) atoms. The molecule has 5 rings (SSSR count). The molecular weight excluding hydrogens is 1610 g/mol. The van der Waals surface area contributed by atoms with Gasteiger partial charge in [0.15, 0.2) is 6.10 Å². The Morgan fingerprint density at radius 1 is 0.672 bits per heavy atom. The largest absolute Gasteiger partial charge is 0.481 e. The molecule has 3 fully saturated rings. The van der Waals surface area contributed by atoms with Crippen LogP contribution in [0.3, 0.4) is 0 Å². The number of nitrogens with one attached hydrogen (secondary N) is 8. The van der Waals surface area contributed by atoms with Crippen molar-refractivity contribution < 1.29 is 111 Å². The highest BCUT2D eigenvalue weighted by Crippen LogP contribution is 2.35. The van der Waals surface area contributed by atoms with E-state index >= 15 is 0 Å². The number of anilines is 1. The summed E-state index contributed by atoms with van der Waals surface area (Å²) >= 11 is 3.41. The Balaban J connectivity index is 1.36. The number of hydrogen-bond donors (Lipinski definition) is 11. The van der Waals surface area contributed by atoms with Crippen molar-refractivity contribution in [3.8, 4) is 0 Å². The summed E-state index contributed by atoms with van der Waals surface area (Å²) < 4.78 is 16.7. The molecule has 5 unspecified atom stereocenters. The van der Waals surface area contributed by atoms with Crippen LogP contribution >= 0.6 is 34.9 Å². The number of nitrogens with zero attached hydrogens (tertiary/aromatic N) is 6. The van der Waals surface area contributed by atoms with Gasteiger partial charge in [0.05, 0.1) is 48.4 Å². The zero-order valence-corrected chi connectivity index (χ0v) is 72.3. The van der Waals surface area contributed by atoms with E-state index in [4.69, 9.17) is 24.4 Å². The first-order chi connectivity index (χ1) is 56.4. The van der Waals surface area contributed by atoms with Gasteiger partial charge in [0.25, 0.3) is 5.91 Å². The van der Waals surface area contributed by atoms with Gasteiger partial charge in [-0.15, -0.1) is 34.9 Å². The summed E-state index contributed by atoms with van der Waals surface area (Å²) in [6.45, 7) is 12.0. The fourth-order valence-electron chi connectivity index (χ4n) is 13.0. The fourth-order valence-corrected chi connectivity index (χ4v) is 16.5. The molecule has 0 spiro atoms. The Morgan fingerprint density at radius 2 is 1.29 bits per heavy atom. The number of aromatic nitrogens is 1. The van der Waals surface area contributed by atoms with Crippen LogP contribution in [0.15, 0.2) is 29.6 Å². The standard InChI is InChI=1S/C79H120N14O23S3/c1-12-48(4)68(88-77(112)79(6,7)89(9)10)75(109)90(11)57(47(2)3)42-58(116-78(113)80-8)72-87-56(45-117-72)71(106)84-52(39-49(5)76(110)111)40-50-19-21-51(22-20-50)83-69(104)54(18-13-15-28-81-62(97)27-36-114-35-16-14-17-53(95)41-67(102)103)86-70(105)55(23-24-61(96)82-29-37-115-38-34-94)85-63(98)25-26-64(99)91-30-32-92-65(100)43-59(73(92)107)118-46-119-60-44-66(101)93(33-31-91)74(60)108/h19-22,45,47-49,52,54-55,57-60,68,94H,12-18,23-44,46H2,1-11H3,(H,80,113)(H,81,97)(H,82,96)(H,83,104)(H,84,106)(H,85,98)(H,86,105)(H,88,112)(H,102,103)(H,110,111)/t48-,49?,52+,54?,55?,57+,58+,59?,60?,68-/m0/s1. The molecule has 0 radical (unpaired) electrons. The van der Waals surface area contributed by atoms with Crippen LogP contribution in [0.4, 0.5) is 10.5 Å². The van der Waals surface area contributed by atoms with Crippen molar-refractivity contribution >= 4 is 141 Å². The summed E-state index contributed by atoms with van der Waals surface area (Å²) in [4.78, 5) is 238. The maximum Gasteiger partial charge on any atom is 0.407 e. The predicted molar refractivity (Wildman–Crippen MR) is 441 cm³/mol. The van der Waals surface area contributed by atoms with Gasteiger partial charge in [-0.05, 0) is 109 Å². The number of rotatable bonds is 50. The number of fused-ring (bicyclic) bond motifs is 4. The third-order valence-corrected chi connectivity index (χ3v) is 24.5. The van der Waals surface area contributed by atoms with E-state index in [0.717, 1.165) is 21.1 Å². The number of imide groups is 2. The molecule has 10 atom stereocenters.